The summed E-state index contributed by atoms with van der Waals surface area (Å²) in [6.45, 7) is 7.41. The molecule has 1 saturated carbocycles. The number of hydrogen-bond donors (Lipinski definition) is 1. The largest absolute Gasteiger partial charge is 0.494 e. The van der Waals surface area contributed by atoms with Gasteiger partial charge < -0.3 is 10.5 Å². The summed E-state index contributed by atoms with van der Waals surface area (Å²) in [4.78, 5) is 0. The van der Waals surface area contributed by atoms with Gasteiger partial charge in [0.05, 0.1) is 6.61 Å². The molecule has 0 aromatic heterocycles. The molecule has 20 heavy (non-hydrogen) atoms. The number of nitrogens with two attached hydrogens (primary N) is 1. The lowest BCUT2D eigenvalue weighted by molar-refractivity contribution is 0.203. The van der Waals surface area contributed by atoms with Crippen molar-refractivity contribution in [2.24, 2.45) is 23.5 Å². The molecule has 1 aromatic rings. The fourth-order valence-corrected chi connectivity index (χ4v) is 3.42. The monoisotopic (exact) mass is 275 g/mol. The van der Waals surface area contributed by atoms with Crippen LogP contribution in [0.15, 0.2) is 24.3 Å². The molecule has 0 aliphatic heterocycles. The summed E-state index contributed by atoms with van der Waals surface area (Å²) in [7, 11) is 0. The Morgan fingerprint density at radius 1 is 1.15 bits per heavy atom. The lowest BCUT2D eigenvalue weighted by Crippen LogP contribution is -2.27. The molecule has 2 heteroatoms. The summed E-state index contributed by atoms with van der Waals surface area (Å²) in [5.74, 6) is 3.28. The van der Waals surface area contributed by atoms with Gasteiger partial charge in [-0.1, -0.05) is 26.0 Å². The molecule has 1 atom stereocenters. The Hall–Kier alpha value is -1.02. The Kier molecular flexibility index (Phi) is 5.47. The van der Waals surface area contributed by atoms with E-state index in [1.165, 1.54) is 31.2 Å². The molecule has 1 fully saturated rings. The van der Waals surface area contributed by atoms with Crippen molar-refractivity contribution in [3.63, 3.8) is 0 Å². The van der Waals surface area contributed by atoms with E-state index in [1.54, 1.807) is 0 Å². The van der Waals surface area contributed by atoms with Crippen LogP contribution in [0.1, 0.15) is 58.1 Å². The predicted molar refractivity (Wildman–Crippen MR) is 84.8 cm³/mol. The first-order valence-electron chi connectivity index (χ1n) is 8.10. The summed E-state index contributed by atoms with van der Waals surface area (Å²) >= 11 is 0. The molecule has 0 heterocycles. The van der Waals surface area contributed by atoms with Gasteiger partial charge in [-0.25, -0.2) is 0 Å². The molecule has 0 spiro atoms. The van der Waals surface area contributed by atoms with Crippen molar-refractivity contribution in [3.8, 4) is 5.75 Å². The maximum Gasteiger partial charge on any atom is 0.119 e. The Morgan fingerprint density at radius 3 is 2.40 bits per heavy atom. The molecule has 1 aliphatic rings. The van der Waals surface area contributed by atoms with Gasteiger partial charge >= 0.3 is 0 Å². The van der Waals surface area contributed by atoms with Gasteiger partial charge in [0.1, 0.15) is 5.75 Å². The van der Waals surface area contributed by atoms with Crippen molar-refractivity contribution >= 4 is 0 Å². The summed E-state index contributed by atoms with van der Waals surface area (Å²) in [5, 5.41) is 0. The zero-order valence-corrected chi connectivity index (χ0v) is 13.1. The quantitative estimate of drug-likeness (QED) is 0.855. The van der Waals surface area contributed by atoms with Gasteiger partial charge in [-0.15, -0.1) is 0 Å². The summed E-state index contributed by atoms with van der Waals surface area (Å²) in [6, 6.07) is 8.48. The van der Waals surface area contributed by atoms with E-state index in [9.17, 15) is 0 Å². The Bertz CT molecular complexity index is 408. The number of rotatable bonds is 5. The highest BCUT2D eigenvalue weighted by Crippen LogP contribution is 2.38. The summed E-state index contributed by atoms with van der Waals surface area (Å²) in [5.41, 5.74) is 7.73. The second kappa shape index (κ2) is 7.12. The van der Waals surface area contributed by atoms with Crippen LogP contribution in [0.3, 0.4) is 0 Å². The Balaban J connectivity index is 1.98. The van der Waals surface area contributed by atoms with Gasteiger partial charge in [-0.05, 0) is 68.1 Å². The maximum atomic E-state index is 6.50. The van der Waals surface area contributed by atoms with Crippen LogP contribution in [-0.4, -0.2) is 6.61 Å². The summed E-state index contributed by atoms with van der Waals surface area (Å²) in [6.07, 6.45) is 5.20. The second-order valence-electron chi connectivity index (χ2n) is 6.45. The van der Waals surface area contributed by atoms with Gasteiger partial charge in [0, 0.05) is 6.04 Å². The maximum absolute atomic E-state index is 6.50. The first-order chi connectivity index (χ1) is 9.61. The minimum Gasteiger partial charge on any atom is -0.494 e. The van der Waals surface area contributed by atoms with Gasteiger partial charge in [0.15, 0.2) is 0 Å². The van der Waals surface area contributed by atoms with Gasteiger partial charge in [0.2, 0.25) is 0 Å². The fraction of sp³-hybridized carbons (Fsp3) is 0.667. The third kappa shape index (κ3) is 3.76. The first-order valence-corrected chi connectivity index (χ1v) is 8.10. The Morgan fingerprint density at radius 2 is 1.80 bits per heavy atom. The molecule has 0 amide bonds. The van der Waals surface area contributed by atoms with Crippen LogP contribution in [0.4, 0.5) is 0 Å². The molecule has 0 radical (unpaired) electrons. The van der Waals surface area contributed by atoms with Crippen molar-refractivity contribution in [1.82, 2.24) is 0 Å². The average Bonchev–Trinajstić information content (AvgIpc) is 2.47. The standard InChI is InChI=1S/C18H29NO/c1-4-20-17-7-5-6-16(12-17)18(19)15-10-8-14(9-11-15)13(2)3/h5-7,12-15,18H,4,8-11,19H2,1-3H3. The van der Waals surface area contributed by atoms with Gasteiger partial charge in [-0.3, -0.25) is 0 Å². The van der Waals surface area contributed by atoms with E-state index in [0.29, 0.717) is 12.5 Å². The van der Waals surface area contributed by atoms with E-state index in [2.05, 4.69) is 32.0 Å². The molecular weight excluding hydrogens is 246 g/mol. The van der Waals surface area contributed by atoms with Crippen LogP contribution in [0.2, 0.25) is 0 Å². The first kappa shape index (κ1) is 15.4. The second-order valence-corrected chi connectivity index (χ2v) is 6.45. The predicted octanol–water partition coefficient (Wildman–Crippen LogP) is 4.55. The van der Waals surface area contributed by atoms with Crippen molar-refractivity contribution in [2.45, 2.75) is 52.5 Å². The van der Waals surface area contributed by atoms with Crippen molar-refractivity contribution in [3.05, 3.63) is 29.8 Å². The van der Waals surface area contributed by atoms with Gasteiger partial charge in [0.25, 0.3) is 0 Å². The molecule has 2 nitrogen and oxygen atoms in total. The van der Waals surface area contributed by atoms with Crippen LogP contribution < -0.4 is 10.5 Å². The molecule has 1 aromatic carbocycles. The zero-order chi connectivity index (χ0) is 14.5. The van der Waals surface area contributed by atoms with Crippen LogP contribution in [0.25, 0.3) is 0 Å². The highest BCUT2D eigenvalue weighted by molar-refractivity contribution is 5.30. The van der Waals surface area contributed by atoms with Crippen LogP contribution in [0.5, 0.6) is 5.75 Å². The van der Waals surface area contributed by atoms with E-state index in [0.717, 1.165) is 17.6 Å². The smallest absolute Gasteiger partial charge is 0.119 e. The third-order valence-corrected chi connectivity index (χ3v) is 4.82. The normalized spacial score (nSPS) is 24.6. The molecule has 2 rings (SSSR count). The van der Waals surface area contributed by atoms with Crippen LogP contribution >= 0.6 is 0 Å². The third-order valence-electron chi connectivity index (χ3n) is 4.82. The SMILES string of the molecule is CCOc1cccc(C(N)C2CCC(C(C)C)CC2)c1. The van der Waals surface area contributed by atoms with E-state index in [1.807, 2.05) is 13.0 Å². The molecule has 112 valence electrons. The topological polar surface area (TPSA) is 35.2 Å². The minimum atomic E-state index is 0.156. The molecular formula is C18H29NO. The average molecular weight is 275 g/mol. The Labute approximate surface area is 123 Å². The zero-order valence-electron chi connectivity index (χ0n) is 13.1. The number of hydrogen-bond acceptors (Lipinski definition) is 2. The molecule has 2 N–H and O–H groups in total. The van der Waals surface area contributed by atoms with E-state index < -0.39 is 0 Å². The lowest BCUT2D eigenvalue weighted by Gasteiger charge is -2.34. The minimum absolute atomic E-state index is 0.156. The fourth-order valence-electron chi connectivity index (χ4n) is 3.42. The van der Waals surface area contributed by atoms with Crippen LogP contribution in [0, 0.1) is 17.8 Å². The van der Waals surface area contributed by atoms with Crippen LogP contribution in [-0.2, 0) is 0 Å². The molecule has 1 unspecified atom stereocenters. The van der Waals surface area contributed by atoms with Crippen molar-refractivity contribution in [1.29, 1.82) is 0 Å². The van der Waals surface area contributed by atoms with Crippen molar-refractivity contribution < 1.29 is 4.74 Å². The highest BCUT2D eigenvalue weighted by atomic mass is 16.5. The molecule has 1 aliphatic carbocycles. The van der Waals surface area contributed by atoms with E-state index in [-0.39, 0.29) is 6.04 Å². The molecule has 0 saturated heterocycles. The van der Waals surface area contributed by atoms with Gasteiger partial charge in [-0.2, -0.15) is 0 Å². The van der Waals surface area contributed by atoms with E-state index in [4.69, 9.17) is 10.5 Å². The molecule has 0 bridgehead atoms. The highest BCUT2D eigenvalue weighted by Gasteiger charge is 2.27. The summed E-state index contributed by atoms with van der Waals surface area (Å²) < 4.78 is 5.58. The van der Waals surface area contributed by atoms with Crippen molar-refractivity contribution in [2.75, 3.05) is 6.61 Å². The lowest BCUT2D eigenvalue weighted by atomic mass is 9.73. The number of benzene rings is 1. The number of ether oxygens (including phenoxy) is 1. The van der Waals surface area contributed by atoms with E-state index >= 15 is 0 Å².